The second kappa shape index (κ2) is 10.3. The highest BCUT2D eigenvalue weighted by molar-refractivity contribution is 5.88. The van der Waals surface area contributed by atoms with Gasteiger partial charge in [-0.15, -0.1) is 0 Å². The summed E-state index contributed by atoms with van der Waals surface area (Å²) in [5.41, 5.74) is 4.54. The Kier molecular flexibility index (Phi) is 6.66. The summed E-state index contributed by atoms with van der Waals surface area (Å²) < 4.78 is 12.7. The Morgan fingerprint density at radius 3 is 2.32 bits per heavy atom. The monoisotopic (exact) mass is 511 g/mol. The minimum Gasteiger partial charge on any atom is -0.488 e. The van der Waals surface area contributed by atoms with Crippen molar-refractivity contribution in [3.8, 4) is 5.75 Å². The highest BCUT2D eigenvalue weighted by atomic mass is 16.5. The Bertz CT molecular complexity index is 1310. The largest absolute Gasteiger partial charge is 0.488 e. The van der Waals surface area contributed by atoms with Crippen LogP contribution in [0.1, 0.15) is 53.2 Å². The van der Waals surface area contributed by atoms with E-state index in [9.17, 15) is 14.7 Å². The Balaban J connectivity index is 1.28. The van der Waals surface area contributed by atoms with E-state index < -0.39 is 18.1 Å². The molecule has 1 N–H and O–H groups in total. The van der Waals surface area contributed by atoms with Crippen LogP contribution < -0.4 is 4.74 Å². The first kappa shape index (κ1) is 24.7. The average molecular weight is 512 g/mol. The van der Waals surface area contributed by atoms with Gasteiger partial charge >= 0.3 is 5.97 Å². The summed E-state index contributed by atoms with van der Waals surface area (Å²) in [4.78, 5) is 28.1. The molecule has 2 saturated carbocycles. The summed E-state index contributed by atoms with van der Waals surface area (Å²) in [6.45, 7) is 2.57. The van der Waals surface area contributed by atoms with E-state index in [-0.39, 0.29) is 25.0 Å². The molecule has 0 aromatic heterocycles. The summed E-state index contributed by atoms with van der Waals surface area (Å²) >= 11 is 0. The van der Waals surface area contributed by atoms with Crippen LogP contribution in [0.2, 0.25) is 0 Å². The molecule has 0 radical (unpaired) electrons. The number of aryl methyl sites for hydroxylation is 1. The van der Waals surface area contributed by atoms with E-state index in [1.807, 2.05) is 79.7 Å². The van der Waals surface area contributed by atoms with Gasteiger partial charge in [0.1, 0.15) is 18.4 Å². The molecule has 3 aromatic rings. The molecule has 2 fully saturated rings. The van der Waals surface area contributed by atoms with Crippen LogP contribution in [0.5, 0.6) is 5.75 Å². The number of ether oxygens (including phenoxy) is 2. The third-order valence-corrected chi connectivity index (χ3v) is 8.32. The number of hydrogen-bond acceptors (Lipinski definition) is 4. The van der Waals surface area contributed by atoms with Crippen molar-refractivity contribution in [1.82, 2.24) is 4.90 Å². The van der Waals surface area contributed by atoms with E-state index in [4.69, 9.17) is 9.47 Å². The van der Waals surface area contributed by atoms with Crippen LogP contribution in [0.25, 0.3) is 0 Å². The van der Waals surface area contributed by atoms with Gasteiger partial charge in [-0.2, -0.15) is 0 Å². The number of carboxylic acid groups (broad SMARTS) is 1. The molecule has 2 aliphatic carbocycles. The van der Waals surface area contributed by atoms with E-state index in [1.165, 1.54) is 11.3 Å². The van der Waals surface area contributed by atoms with Crippen molar-refractivity contribution in [3.05, 3.63) is 101 Å². The molecule has 4 atom stereocenters. The number of carbonyl (C=O) groups excluding carboxylic acids is 1. The molecule has 0 bridgehead atoms. The molecular formula is C32H33NO5. The van der Waals surface area contributed by atoms with Gasteiger partial charge in [-0.1, -0.05) is 72.8 Å². The highest BCUT2D eigenvalue weighted by Crippen LogP contribution is 2.53. The molecule has 2 unspecified atom stereocenters. The summed E-state index contributed by atoms with van der Waals surface area (Å²) in [6, 6.07) is 22.4. The van der Waals surface area contributed by atoms with E-state index >= 15 is 0 Å². The summed E-state index contributed by atoms with van der Waals surface area (Å²) in [7, 11) is 0. The molecule has 3 aliphatic rings. The zero-order valence-corrected chi connectivity index (χ0v) is 21.6. The van der Waals surface area contributed by atoms with Crippen molar-refractivity contribution in [2.24, 2.45) is 11.8 Å². The molecule has 0 spiro atoms. The van der Waals surface area contributed by atoms with Gasteiger partial charge in [0.2, 0.25) is 0 Å². The average Bonchev–Trinajstić information content (AvgIpc) is 3.56. The molecule has 6 nitrogen and oxygen atoms in total. The third kappa shape index (κ3) is 4.93. The Hall–Kier alpha value is -3.64. The lowest BCUT2D eigenvalue weighted by Crippen LogP contribution is -2.51. The molecule has 6 heteroatoms. The van der Waals surface area contributed by atoms with Crippen LogP contribution in [0.3, 0.4) is 0 Å². The molecule has 3 aromatic carbocycles. The Labute approximate surface area is 223 Å². The SMILES string of the molecule is Cc1ccc2c(c1OCc1ccccc1)C[C@@H](C(=O)O)N(C(=O)[C@@H](OC1CC3CC3C1)c1ccccc1)C2. The summed E-state index contributed by atoms with van der Waals surface area (Å²) in [5.74, 6) is 0.844. The fourth-order valence-corrected chi connectivity index (χ4v) is 6.16. The minimum atomic E-state index is -1.02. The number of amides is 1. The Morgan fingerprint density at radius 1 is 0.947 bits per heavy atom. The summed E-state index contributed by atoms with van der Waals surface area (Å²) in [6.07, 6.45) is 2.64. The van der Waals surface area contributed by atoms with Gasteiger partial charge in [-0.25, -0.2) is 4.79 Å². The van der Waals surface area contributed by atoms with Crippen molar-refractivity contribution >= 4 is 11.9 Å². The van der Waals surface area contributed by atoms with E-state index in [0.29, 0.717) is 12.4 Å². The van der Waals surface area contributed by atoms with Crippen LogP contribution in [0.15, 0.2) is 72.8 Å². The van der Waals surface area contributed by atoms with Crippen molar-refractivity contribution in [1.29, 1.82) is 0 Å². The molecule has 1 aliphatic heterocycles. The highest BCUT2D eigenvalue weighted by Gasteiger charge is 2.48. The molecule has 1 heterocycles. The first-order valence-electron chi connectivity index (χ1n) is 13.5. The van der Waals surface area contributed by atoms with Crippen molar-refractivity contribution in [2.75, 3.05) is 0 Å². The second-order valence-corrected chi connectivity index (χ2v) is 10.9. The zero-order valence-electron chi connectivity index (χ0n) is 21.6. The van der Waals surface area contributed by atoms with Gasteiger partial charge in [-0.05, 0) is 60.3 Å². The van der Waals surface area contributed by atoms with Gasteiger partial charge in [0, 0.05) is 18.5 Å². The van der Waals surface area contributed by atoms with Gasteiger partial charge in [0.15, 0.2) is 6.10 Å². The standard InChI is InChI=1S/C32H33NO5/c1-20-12-13-23-18-33(28(32(35)36)17-27(23)29(20)37-19-21-8-4-2-5-9-21)31(34)30(22-10-6-3-7-11-22)38-26-15-24-14-25(24)16-26/h2-13,24-26,28,30H,14-19H2,1H3,(H,35,36)/t24?,25?,26?,28-,30-/m0/s1. The number of nitrogens with zero attached hydrogens (tertiary/aromatic N) is 1. The van der Waals surface area contributed by atoms with Crippen LogP contribution >= 0.6 is 0 Å². The smallest absolute Gasteiger partial charge is 0.326 e. The number of rotatable bonds is 8. The molecule has 0 saturated heterocycles. The first-order chi connectivity index (χ1) is 18.5. The number of carbonyl (C=O) groups is 2. The predicted octanol–water partition coefficient (Wildman–Crippen LogP) is 5.47. The normalized spacial score (nSPS) is 24.3. The molecule has 196 valence electrons. The van der Waals surface area contributed by atoms with Gasteiger partial charge in [-0.3, -0.25) is 4.79 Å². The van der Waals surface area contributed by atoms with Crippen molar-refractivity contribution in [3.63, 3.8) is 0 Å². The lowest BCUT2D eigenvalue weighted by atomic mass is 9.90. The lowest BCUT2D eigenvalue weighted by molar-refractivity contribution is -0.160. The maximum Gasteiger partial charge on any atom is 0.326 e. The number of aliphatic carboxylic acids is 1. The van der Waals surface area contributed by atoms with Gasteiger partial charge in [0.25, 0.3) is 5.91 Å². The predicted molar refractivity (Wildman–Crippen MR) is 143 cm³/mol. The molecule has 1 amide bonds. The lowest BCUT2D eigenvalue weighted by Gasteiger charge is -2.38. The topological polar surface area (TPSA) is 76.1 Å². The minimum absolute atomic E-state index is 0.0360. The van der Waals surface area contributed by atoms with Crippen LogP contribution in [-0.2, 0) is 33.9 Å². The quantitative estimate of drug-likeness (QED) is 0.434. The second-order valence-electron chi connectivity index (χ2n) is 10.9. The molecular weight excluding hydrogens is 478 g/mol. The number of benzene rings is 3. The Morgan fingerprint density at radius 2 is 1.63 bits per heavy atom. The third-order valence-electron chi connectivity index (χ3n) is 8.32. The fourth-order valence-electron chi connectivity index (χ4n) is 6.16. The van der Waals surface area contributed by atoms with Gasteiger partial charge in [0.05, 0.1) is 6.10 Å². The number of fused-ring (bicyclic) bond motifs is 2. The van der Waals surface area contributed by atoms with Gasteiger partial charge < -0.3 is 19.5 Å². The summed E-state index contributed by atoms with van der Waals surface area (Å²) in [5, 5.41) is 10.3. The molecule has 38 heavy (non-hydrogen) atoms. The number of carboxylic acids is 1. The zero-order chi connectivity index (χ0) is 26.2. The van der Waals surface area contributed by atoms with Crippen LogP contribution in [0, 0.1) is 18.8 Å². The van der Waals surface area contributed by atoms with E-state index in [2.05, 4.69) is 0 Å². The fraction of sp³-hybridized carbons (Fsp3) is 0.375. The first-order valence-corrected chi connectivity index (χ1v) is 13.5. The maximum absolute atomic E-state index is 14.1. The van der Waals surface area contributed by atoms with E-state index in [1.54, 1.807) is 0 Å². The van der Waals surface area contributed by atoms with Crippen molar-refractivity contribution in [2.45, 2.75) is 64.0 Å². The maximum atomic E-state index is 14.1. The molecule has 6 rings (SSSR count). The van der Waals surface area contributed by atoms with Crippen LogP contribution in [0.4, 0.5) is 0 Å². The van der Waals surface area contributed by atoms with Crippen molar-refractivity contribution < 1.29 is 24.2 Å². The number of hydrogen-bond donors (Lipinski definition) is 1. The van der Waals surface area contributed by atoms with E-state index in [0.717, 1.165) is 52.5 Å². The van der Waals surface area contributed by atoms with Crippen LogP contribution in [-0.4, -0.2) is 34.0 Å².